The molecule has 0 amide bonds. The zero-order valence-electron chi connectivity index (χ0n) is 17.2. The summed E-state index contributed by atoms with van der Waals surface area (Å²) in [4.78, 5) is 32.3. The molecule has 0 fully saturated rings. The molecule has 0 N–H and O–H groups in total. The molecule has 2 unspecified atom stereocenters. The molecule has 1 aromatic carbocycles. The molecule has 0 radical (unpaired) electrons. The molecule has 1 aromatic heterocycles. The highest BCUT2D eigenvalue weighted by atomic mass is 19.4. The highest BCUT2D eigenvalue weighted by Crippen LogP contribution is 2.44. The molecule has 0 spiro atoms. The van der Waals surface area contributed by atoms with Crippen molar-refractivity contribution in [1.29, 1.82) is 0 Å². The van der Waals surface area contributed by atoms with E-state index in [-0.39, 0.29) is 33.4 Å². The van der Waals surface area contributed by atoms with E-state index in [1.165, 1.54) is 52.0 Å². The fraction of sp³-hybridized carbons (Fsp3) is 0.364. The van der Waals surface area contributed by atoms with Gasteiger partial charge in [-0.25, -0.2) is 16.4 Å². The van der Waals surface area contributed by atoms with Gasteiger partial charge in [0.05, 0.1) is 22.8 Å². The van der Waals surface area contributed by atoms with Gasteiger partial charge in [-0.1, -0.05) is 12.1 Å². The number of hydrogen-bond acceptors (Lipinski definition) is 5. The number of nitrogens with zero attached hydrogens (tertiary/aromatic N) is 2. The van der Waals surface area contributed by atoms with Gasteiger partial charge in [-0.05, 0) is 33.8 Å². The van der Waals surface area contributed by atoms with Gasteiger partial charge in [0, 0.05) is 11.6 Å². The Morgan fingerprint density at radius 1 is 1.29 bits per heavy atom. The summed E-state index contributed by atoms with van der Waals surface area (Å²) in [7, 11) is 0. The lowest BCUT2D eigenvalue weighted by Crippen LogP contribution is -2.36. The number of allylic oxidation sites excluding steroid dienone is 1. The molecule has 162 valence electrons. The molecule has 6 nitrogen and oxygen atoms in total. The Balaban J connectivity index is 2.42. The van der Waals surface area contributed by atoms with Crippen molar-refractivity contribution in [1.82, 2.24) is 0 Å². The lowest BCUT2D eigenvalue weighted by atomic mass is 9.79. The number of para-hydroxylation sites is 1. The van der Waals surface area contributed by atoms with E-state index < -0.39 is 41.5 Å². The smallest absolute Gasteiger partial charge is 0.433 e. The Hall–Kier alpha value is -3.41. The van der Waals surface area contributed by atoms with Gasteiger partial charge in [0.25, 0.3) is 6.04 Å². The molecule has 9 heteroatoms. The number of carbonyl (C=O) groups excluding carboxylic acids is 1. The number of ether oxygens (including phenoxy) is 1. The third-order valence-corrected chi connectivity index (χ3v) is 4.81. The topological polar surface area (TPSA) is 73.2 Å². The number of alkyl halides is 3. The standard InChI is InChI=1S/C22H19F3N2O4/c1-10(2)30-21(29)17-16(18(26-5)12(4)27-20(17)22(23,24)25)14-8-6-7-13-15(28)9-11(3)31-19(13)14/h6-10,16,18H,1-4H3. The molecule has 2 aromatic rings. The number of fused-ring (bicyclic) bond motifs is 1. The first-order valence-electron chi connectivity index (χ1n) is 9.43. The van der Waals surface area contributed by atoms with Gasteiger partial charge < -0.3 is 14.0 Å². The maximum Gasteiger partial charge on any atom is 0.433 e. The first-order chi connectivity index (χ1) is 14.5. The molecule has 0 saturated heterocycles. The predicted molar refractivity (Wildman–Crippen MR) is 108 cm³/mol. The van der Waals surface area contributed by atoms with Crippen molar-refractivity contribution in [2.45, 2.75) is 51.9 Å². The average Bonchev–Trinajstić information content (AvgIpc) is 2.65. The van der Waals surface area contributed by atoms with Crippen molar-refractivity contribution >= 4 is 22.7 Å². The van der Waals surface area contributed by atoms with Crippen LogP contribution in [0, 0.1) is 13.5 Å². The van der Waals surface area contributed by atoms with Crippen LogP contribution in [0.3, 0.4) is 0 Å². The van der Waals surface area contributed by atoms with E-state index in [1.807, 2.05) is 0 Å². The lowest BCUT2D eigenvalue weighted by molar-refractivity contribution is -0.144. The quantitative estimate of drug-likeness (QED) is 0.520. The molecule has 2 heterocycles. The second-order valence-corrected chi connectivity index (χ2v) is 7.46. The van der Waals surface area contributed by atoms with Crippen LogP contribution >= 0.6 is 0 Å². The predicted octanol–water partition coefficient (Wildman–Crippen LogP) is 4.72. The van der Waals surface area contributed by atoms with Crippen LogP contribution in [-0.4, -0.2) is 30.0 Å². The summed E-state index contributed by atoms with van der Waals surface area (Å²) in [5.41, 5.74) is -2.52. The van der Waals surface area contributed by atoms with Crippen LogP contribution in [0.25, 0.3) is 15.8 Å². The minimum absolute atomic E-state index is 0.0252. The fourth-order valence-electron chi connectivity index (χ4n) is 3.62. The molecule has 1 aliphatic heterocycles. The van der Waals surface area contributed by atoms with Crippen LogP contribution in [0.5, 0.6) is 0 Å². The zero-order valence-corrected chi connectivity index (χ0v) is 17.2. The van der Waals surface area contributed by atoms with Crippen LogP contribution in [0.1, 0.15) is 38.0 Å². The van der Waals surface area contributed by atoms with Crippen molar-refractivity contribution in [3.63, 3.8) is 0 Å². The van der Waals surface area contributed by atoms with E-state index in [0.29, 0.717) is 0 Å². The van der Waals surface area contributed by atoms with Crippen molar-refractivity contribution in [2.75, 3.05) is 0 Å². The summed E-state index contributed by atoms with van der Waals surface area (Å²) in [6.07, 6.45) is -5.65. The third kappa shape index (κ3) is 4.10. The monoisotopic (exact) mass is 432 g/mol. The lowest BCUT2D eigenvalue weighted by Gasteiger charge is -2.28. The second kappa shape index (κ2) is 8.02. The Bertz CT molecular complexity index is 1220. The van der Waals surface area contributed by atoms with Crippen molar-refractivity contribution in [3.8, 4) is 0 Å². The number of rotatable bonds is 3. The second-order valence-electron chi connectivity index (χ2n) is 7.46. The third-order valence-electron chi connectivity index (χ3n) is 4.81. The van der Waals surface area contributed by atoms with Gasteiger partial charge in [0.1, 0.15) is 17.3 Å². The molecular weight excluding hydrogens is 413 g/mol. The molecule has 0 bridgehead atoms. The number of esters is 1. The Morgan fingerprint density at radius 3 is 2.55 bits per heavy atom. The highest BCUT2D eigenvalue weighted by Gasteiger charge is 2.50. The van der Waals surface area contributed by atoms with Gasteiger partial charge in [0.2, 0.25) is 0 Å². The average molecular weight is 432 g/mol. The van der Waals surface area contributed by atoms with Gasteiger partial charge in [-0.3, -0.25) is 4.79 Å². The van der Waals surface area contributed by atoms with E-state index >= 15 is 0 Å². The summed E-state index contributed by atoms with van der Waals surface area (Å²) >= 11 is 0. The molecule has 1 aliphatic rings. The SMILES string of the molecule is [C-]#[N+]C1C(C)=NC(C(F)(F)F)=C(C(=O)OC(C)C)C1c1cccc2c(=O)cc(C)oc12. The van der Waals surface area contributed by atoms with E-state index in [1.54, 1.807) is 0 Å². The van der Waals surface area contributed by atoms with Crippen LogP contribution in [0.15, 0.2) is 49.7 Å². The Kier molecular flexibility index (Phi) is 5.77. The Morgan fingerprint density at radius 2 is 1.97 bits per heavy atom. The van der Waals surface area contributed by atoms with Crippen molar-refractivity contribution in [3.05, 3.63) is 68.5 Å². The van der Waals surface area contributed by atoms with E-state index in [9.17, 15) is 22.8 Å². The molecule has 0 aliphatic carbocycles. The van der Waals surface area contributed by atoms with Crippen molar-refractivity contribution < 1.29 is 27.1 Å². The molecule has 3 rings (SSSR count). The van der Waals surface area contributed by atoms with Crippen LogP contribution < -0.4 is 5.43 Å². The van der Waals surface area contributed by atoms with Gasteiger partial charge in [-0.2, -0.15) is 13.2 Å². The van der Waals surface area contributed by atoms with E-state index in [0.717, 1.165) is 0 Å². The van der Waals surface area contributed by atoms with Gasteiger partial charge in [0.15, 0.2) is 11.1 Å². The van der Waals surface area contributed by atoms with Gasteiger partial charge in [-0.15, -0.1) is 0 Å². The molecule has 2 atom stereocenters. The van der Waals surface area contributed by atoms with Crippen molar-refractivity contribution in [2.24, 2.45) is 4.99 Å². The summed E-state index contributed by atoms with van der Waals surface area (Å²) in [6, 6.07) is 4.45. The number of aryl methyl sites for hydroxylation is 1. The molecular formula is C22H19F3N2O4. The summed E-state index contributed by atoms with van der Waals surface area (Å²) in [5.74, 6) is -2.35. The normalized spacial score (nSPS) is 19.4. The first-order valence-corrected chi connectivity index (χ1v) is 9.43. The van der Waals surface area contributed by atoms with Crippen LogP contribution in [0.4, 0.5) is 13.2 Å². The number of aliphatic imine (C=N–C) groups is 1. The minimum atomic E-state index is -4.96. The van der Waals surface area contributed by atoms with Gasteiger partial charge >= 0.3 is 12.1 Å². The fourth-order valence-corrected chi connectivity index (χ4v) is 3.62. The number of hydrogen-bond donors (Lipinski definition) is 0. The van der Waals surface area contributed by atoms with E-state index in [2.05, 4.69) is 9.84 Å². The Labute approximate surface area is 175 Å². The minimum Gasteiger partial charge on any atom is -0.461 e. The number of halogens is 3. The summed E-state index contributed by atoms with van der Waals surface area (Å²) in [6.45, 7) is 13.4. The van der Waals surface area contributed by atoms with Crippen LogP contribution in [-0.2, 0) is 9.53 Å². The highest BCUT2D eigenvalue weighted by molar-refractivity contribution is 6.01. The summed E-state index contributed by atoms with van der Waals surface area (Å²) < 4.78 is 52.5. The maximum absolute atomic E-state index is 13.9. The largest absolute Gasteiger partial charge is 0.461 e. The number of carbonyl (C=O) groups is 1. The zero-order chi connectivity index (χ0) is 23.1. The van der Waals surface area contributed by atoms with E-state index in [4.69, 9.17) is 15.7 Å². The first kappa shape index (κ1) is 22.3. The summed E-state index contributed by atoms with van der Waals surface area (Å²) in [5, 5.41) is 0.136. The molecule has 0 saturated carbocycles. The number of benzene rings is 1. The molecule has 31 heavy (non-hydrogen) atoms. The van der Waals surface area contributed by atoms with Crippen LogP contribution in [0.2, 0.25) is 0 Å². The maximum atomic E-state index is 13.9.